The van der Waals surface area contributed by atoms with Gasteiger partial charge in [-0.05, 0) is 30.3 Å². The zero-order chi connectivity index (χ0) is 13.7. The minimum atomic E-state index is -0.0227. The summed E-state index contributed by atoms with van der Waals surface area (Å²) in [5.41, 5.74) is 0. The van der Waals surface area contributed by atoms with Crippen LogP contribution < -0.4 is 10.6 Å². The molecule has 4 nitrogen and oxygen atoms in total. The molecule has 2 N–H and O–H groups in total. The van der Waals surface area contributed by atoms with Crippen molar-refractivity contribution in [2.75, 3.05) is 13.1 Å². The van der Waals surface area contributed by atoms with Crippen molar-refractivity contribution in [3.8, 4) is 0 Å². The number of piperidine rings is 1. The molecule has 1 saturated heterocycles. The first-order chi connectivity index (χ1) is 9.16. The lowest BCUT2D eigenvalue weighted by Gasteiger charge is -2.30. The number of amides is 1. The zero-order valence-electron chi connectivity index (χ0n) is 11.1. The lowest BCUT2D eigenvalue weighted by Crippen LogP contribution is -2.50. The molecule has 2 atom stereocenters. The van der Waals surface area contributed by atoms with Gasteiger partial charge in [0, 0.05) is 25.4 Å². The first-order valence-electron chi connectivity index (χ1n) is 6.73. The molecular weight excluding hydrogens is 260 g/mol. The molecule has 0 aromatic carbocycles. The maximum absolute atomic E-state index is 11.8. The van der Waals surface area contributed by atoms with Gasteiger partial charge in [0.15, 0.2) is 5.78 Å². The van der Waals surface area contributed by atoms with Crippen molar-refractivity contribution >= 4 is 23.0 Å². The van der Waals surface area contributed by atoms with Crippen molar-refractivity contribution in [2.24, 2.45) is 5.92 Å². The number of hydrogen-bond acceptors (Lipinski definition) is 4. The predicted octanol–water partition coefficient (Wildman–Crippen LogP) is 1.83. The van der Waals surface area contributed by atoms with Crippen LogP contribution in [0.3, 0.4) is 0 Å². The second kappa shape index (κ2) is 6.82. The first kappa shape index (κ1) is 14.2. The van der Waals surface area contributed by atoms with E-state index in [2.05, 4.69) is 17.6 Å². The van der Waals surface area contributed by atoms with Crippen LogP contribution >= 0.6 is 11.3 Å². The normalized spacial score (nSPS) is 23.0. The van der Waals surface area contributed by atoms with Crippen LogP contribution in [-0.4, -0.2) is 30.8 Å². The summed E-state index contributed by atoms with van der Waals surface area (Å²) in [7, 11) is 0. The van der Waals surface area contributed by atoms with E-state index < -0.39 is 0 Å². The molecule has 0 spiro atoms. The predicted molar refractivity (Wildman–Crippen MR) is 76.5 cm³/mol. The molecule has 1 aromatic heterocycles. The Bertz CT molecular complexity index is 431. The van der Waals surface area contributed by atoms with E-state index in [0.717, 1.165) is 24.4 Å². The molecule has 1 aliphatic heterocycles. The van der Waals surface area contributed by atoms with E-state index in [0.29, 0.717) is 12.3 Å². The zero-order valence-corrected chi connectivity index (χ0v) is 12.0. The minimum Gasteiger partial charge on any atom is -0.352 e. The Balaban J connectivity index is 1.74. The lowest BCUT2D eigenvalue weighted by molar-refractivity contribution is -0.122. The van der Waals surface area contributed by atoms with Crippen LogP contribution in [0.2, 0.25) is 0 Å². The van der Waals surface area contributed by atoms with Crippen molar-refractivity contribution in [3.05, 3.63) is 22.4 Å². The van der Waals surface area contributed by atoms with E-state index in [1.807, 2.05) is 11.4 Å². The fourth-order valence-corrected chi connectivity index (χ4v) is 2.94. The molecule has 0 aliphatic carbocycles. The summed E-state index contributed by atoms with van der Waals surface area (Å²) in [6.45, 7) is 4.00. The fourth-order valence-electron chi connectivity index (χ4n) is 2.25. The van der Waals surface area contributed by atoms with E-state index in [1.54, 1.807) is 6.07 Å². The third-order valence-corrected chi connectivity index (χ3v) is 4.46. The summed E-state index contributed by atoms with van der Waals surface area (Å²) in [5.74, 6) is 0.531. The Labute approximate surface area is 117 Å². The van der Waals surface area contributed by atoms with E-state index in [4.69, 9.17) is 0 Å². The molecule has 0 bridgehead atoms. The third-order valence-electron chi connectivity index (χ3n) is 3.55. The average molecular weight is 280 g/mol. The van der Waals surface area contributed by atoms with E-state index in [1.165, 1.54) is 11.3 Å². The summed E-state index contributed by atoms with van der Waals surface area (Å²) in [5, 5.41) is 8.17. The Morgan fingerprint density at radius 2 is 2.32 bits per heavy atom. The fraction of sp³-hybridized carbons (Fsp3) is 0.571. The van der Waals surface area contributed by atoms with Crippen LogP contribution in [0.4, 0.5) is 0 Å². The first-order valence-corrected chi connectivity index (χ1v) is 7.61. The van der Waals surface area contributed by atoms with Gasteiger partial charge in [0.2, 0.25) is 5.91 Å². The highest BCUT2D eigenvalue weighted by Gasteiger charge is 2.22. The summed E-state index contributed by atoms with van der Waals surface area (Å²) >= 11 is 1.43. The van der Waals surface area contributed by atoms with Gasteiger partial charge in [-0.2, -0.15) is 0 Å². The second-order valence-corrected chi connectivity index (χ2v) is 5.99. The van der Waals surface area contributed by atoms with Gasteiger partial charge in [-0.15, -0.1) is 11.3 Å². The quantitative estimate of drug-likeness (QED) is 0.809. The van der Waals surface area contributed by atoms with E-state index in [9.17, 15) is 9.59 Å². The maximum Gasteiger partial charge on any atom is 0.220 e. The van der Waals surface area contributed by atoms with Crippen LogP contribution in [0.25, 0.3) is 0 Å². The number of Topliss-reactive ketones (excluding diaryl/α,β-unsaturated/α-hetero) is 1. The van der Waals surface area contributed by atoms with Crippen LogP contribution in [-0.2, 0) is 4.79 Å². The highest BCUT2D eigenvalue weighted by Crippen LogP contribution is 2.13. The summed E-state index contributed by atoms with van der Waals surface area (Å²) < 4.78 is 0. The molecule has 1 fully saturated rings. The van der Waals surface area contributed by atoms with Gasteiger partial charge in [-0.3, -0.25) is 9.59 Å². The van der Waals surface area contributed by atoms with Gasteiger partial charge in [-0.1, -0.05) is 13.0 Å². The number of rotatable bonds is 5. The third kappa shape index (κ3) is 4.14. The van der Waals surface area contributed by atoms with Crippen molar-refractivity contribution in [1.82, 2.24) is 10.6 Å². The van der Waals surface area contributed by atoms with Gasteiger partial charge in [0.05, 0.1) is 4.88 Å². The Morgan fingerprint density at radius 1 is 1.47 bits per heavy atom. The number of hydrogen-bond donors (Lipinski definition) is 2. The number of carbonyl (C=O) groups is 2. The Morgan fingerprint density at radius 3 is 3.00 bits per heavy atom. The molecule has 1 aliphatic rings. The highest BCUT2D eigenvalue weighted by molar-refractivity contribution is 7.12. The van der Waals surface area contributed by atoms with Gasteiger partial charge < -0.3 is 10.6 Å². The van der Waals surface area contributed by atoms with Gasteiger partial charge >= 0.3 is 0 Å². The number of carbonyl (C=O) groups excluding carboxylic acids is 2. The molecule has 0 saturated carbocycles. The second-order valence-electron chi connectivity index (χ2n) is 5.04. The van der Waals surface area contributed by atoms with Crippen molar-refractivity contribution in [2.45, 2.75) is 32.2 Å². The Kier molecular flexibility index (Phi) is 5.10. The summed E-state index contributed by atoms with van der Waals surface area (Å²) in [6.07, 6.45) is 1.65. The van der Waals surface area contributed by atoms with Gasteiger partial charge in [0.25, 0.3) is 0 Å². The Hall–Kier alpha value is -1.20. The van der Waals surface area contributed by atoms with Crippen molar-refractivity contribution in [3.63, 3.8) is 0 Å². The largest absolute Gasteiger partial charge is 0.352 e. The number of nitrogens with one attached hydrogen (secondary N) is 2. The lowest BCUT2D eigenvalue weighted by atomic mass is 9.94. The minimum absolute atomic E-state index is 0.0227. The molecule has 0 radical (unpaired) electrons. The van der Waals surface area contributed by atoms with Gasteiger partial charge in [0.1, 0.15) is 0 Å². The average Bonchev–Trinajstić information content (AvgIpc) is 2.93. The summed E-state index contributed by atoms with van der Waals surface area (Å²) in [4.78, 5) is 24.4. The standard InChI is InChI=1S/C14H20N2O2S/c1-10-6-7-15-9-11(10)16-14(18)5-4-12(17)13-3-2-8-19-13/h2-3,8,10-11,15H,4-7,9H2,1H3,(H,16,18). The molecule has 19 heavy (non-hydrogen) atoms. The SMILES string of the molecule is CC1CCNCC1NC(=O)CCC(=O)c1cccs1. The summed E-state index contributed by atoms with van der Waals surface area (Å²) in [6, 6.07) is 3.85. The monoisotopic (exact) mass is 280 g/mol. The highest BCUT2D eigenvalue weighted by atomic mass is 32.1. The number of thiophene rings is 1. The molecular formula is C14H20N2O2S. The molecule has 1 aromatic rings. The molecule has 1 amide bonds. The topological polar surface area (TPSA) is 58.2 Å². The van der Waals surface area contributed by atoms with Crippen molar-refractivity contribution < 1.29 is 9.59 Å². The van der Waals surface area contributed by atoms with E-state index >= 15 is 0 Å². The molecule has 2 unspecified atom stereocenters. The van der Waals surface area contributed by atoms with Crippen LogP contribution in [0.1, 0.15) is 35.9 Å². The van der Waals surface area contributed by atoms with Crippen LogP contribution in [0.5, 0.6) is 0 Å². The number of ketones is 1. The van der Waals surface area contributed by atoms with Gasteiger partial charge in [-0.25, -0.2) is 0 Å². The van der Waals surface area contributed by atoms with Crippen LogP contribution in [0.15, 0.2) is 17.5 Å². The molecule has 104 valence electrons. The van der Waals surface area contributed by atoms with E-state index in [-0.39, 0.29) is 24.2 Å². The van der Waals surface area contributed by atoms with Crippen molar-refractivity contribution in [1.29, 1.82) is 0 Å². The van der Waals surface area contributed by atoms with Crippen LogP contribution in [0, 0.1) is 5.92 Å². The maximum atomic E-state index is 11.8. The molecule has 2 heterocycles. The molecule has 2 rings (SSSR count). The smallest absolute Gasteiger partial charge is 0.220 e. The molecule has 5 heteroatoms.